The van der Waals surface area contributed by atoms with Crippen molar-refractivity contribution in [1.29, 1.82) is 0 Å². The lowest BCUT2D eigenvalue weighted by atomic mass is 9.98. The molecule has 4 nitrogen and oxygen atoms in total. The van der Waals surface area contributed by atoms with Crippen LogP contribution in [-0.4, -0.2) is 56.2 Å². The Balaban J connectivity index is 1.65. The molecule has 2 saturated heterocycles. The van der Waals surface area contributed by atoms with Crippen molar-refractivity contribution >= 4 is 17.2 Å². The minimum atomic E-state index is 0.697. The summed E-state index contributed by atoms with van der Waals surface area (Å²) >= 11 is 1.86. The van der Waals surface area contributed by atoms with E-state index < -0.39 is 0 Å². The second-order valence-corrected chi connectivity index (χ2v) is 6.25. The second kappa shape index (κ2) is 5.55. The van der Waals surface area contributed by atoms with E-state index in [0.29, 0.717) is 5.92 Å². The summed E-state index contributed by atoms with van der Waals surface area (Å²) in [5, 5.41) is 6.99. The fourth-order valence-electron chi connectivity index (χ4n) is 2.76. The molecular formula is C13H22N4S. The third-order valence-electron chi connectivity index (χ3n) is 4.02. The number of piperazine rings is 1. The molecule has 18 heavy (non-hydrogen) atoms. The van der Waals surface area contributed by atoms with Crippen molar-refractivity contribution < 1.29 is 0 Å². The third kappa shape index (κ3) is 2.68. The van der Waals surface area contributed by atoms with Crippen molar-refractivity contribution in [2.45, 2.75) is 18.8 Å². The van der Waals surface area contributed by atoms with Crippen LogP contribution in [0, 0.1) is 0 Å². The van der Waals surface area contributed by atoms with E-state index in [1.807, 2.05) is 11.3 Å². The van der Waals surface area contributed by atoms with Gasteiger partial charge in [0.05, 0.1) is 5.01 Å². The molecule has 0 radical (unpaired) electrons. The molecule has 1 aromatic rings. The van der Waals surface area contributed by atoms with Gasteiger partial charge in [-0.1, -0.05) is 0 Å². The molecule has 3 heterocycles. The highest BCUT2D eigenvalue weighted by molar-refractivity contribution is 7.10. The van der Waals surface area contributed by atoms with E-state index in [1.54, 1.807) is 0 Å². The Hall–Kier alpha value is -0.650. The predicted molar refractivity (Wildman–Crippen MR) is 76.7 cm³/mol. The second-order valence-electron chi connectivity index (χ2n) is 5.36. The Morgan fingerprint density at radius 2 is 1.94 bits per heavy atom. The van der Waals surface area contributed by atoms with Gasteiger partial charge in [-0.25, -0.2) is 4.98 Å². The van der Waals surface area contributed by atoms with Crippen LogP contribution in [0.15, 0.2) is 5.38 Å². The number of thiazole rings is 1. The Bertz CT molecular complexity index is 378. The number of aromatic nitrogens is 1. The number of piperidine rings is 1. The molecule has 3 rings (SSSR count). The molecule has 100 valence electrons. The molecule has 0 bridgehead atoms. The summed E-state index contributed by atoms with van der Waals surface area (Å²) in [4.78, 5) is 9.71. The van der Waals surface area contributed by atoms with Gasteiger partial charge >= 0.3 is 0 Å². The van der Waals surface area contributed by atoms with Crippen LogP contribution in [0.4, 0.5) is 5.82 Å². The van der Waals surface area contributed by atoms with Gasteiger partial charge in [-0.2, -0.15) is 0 Å². The van der Waals surface area contributed by atoms with Gasteiger partial charge in [0.1, 0.15) is 5.82 Å². The first-order valence-electron chi connectivity index (χ1n) is 6.92. The van der Waals surface area contributed by atoms with Gasteiger partial charge in [-0.3, -0.25) is 0 Å². The first kappa shape index (κ1) is 12.4. The average molecular weight is 266 g/mol. The molecule has 0 amide bonds. The first-order valence-corrected chi connectivity index (χ1v) is 7.80. The normalized spacial score (nSPS) is 23.5. The van der Waals surface area contributed by atoms with E-state index in [2.05, 4.69) is 27.5 Å². The summed E-state index contributed by atoms with van der Waals surface area (Å²) < 4.78 is 0. The van der Waals surface area contributed by atoms with Gasteiger partial charge in [0, 0.05) is 37.5 Å². The maximum absolute atomic E-state index is 4.88. The van der Waals surface area contributed by atoms with Crippen molar-refractivity contribution in [3.05, 3.63) is 10.4 Å². The number of hydrogen-bond donors (Lipinski definition) is 1. The van der Waals surface area contributed by atoms with Gasteiger partial charge in [-0.15, -0.1) is 11.3 Å². The largest absolute Gasteiger partial charge is 0.353 e. The fraction of sp³-hybridized carbons (Fsp3) is 0.769. The van der Waals surface area contributed by atoms with Crippen LogP contribution in [0.5, 0.6) is 0 Å². The highest BCUT2D eigenvalue weighted by Gasteiger charge is 2.22. The molecule has 0 aliphatic carbocycles. The zero-order valence-electron chi connectivity index (χ0n) is 11.1. The van der Waals surface area contributed by atoms with Gasteiger partial charge in [-0.05, 0) is 33.0 Å². The quantitative estimate of drug-likeness (QED) is 0.876. The van der Waals surface area contributed by atoms with E-state index in [9.17, 15) is 0 Å². The summed E-state index contributed by atoms with van der Waals surface area (Å²) in [6, 6.07) is 0. The average Bonchev–Trinajstić information content (AvgIpc) is 2.90. The first-order chi connectivity index (χ1) is 8.83. The molecule has 1 aromatic heterocycles. The number of nitrogens with one attached hydrogen (secondary N) is 1. The lowest BCUT2D eigenvalue weighted by molar-refractivity contribution is 0.255. The molecule has 2 aliphatic rings. The summed E-state index contributed by atoms with van der Waals surface area (Å²) in [5.74, 6) is 1.90. The summed E-state index contributed by atoms with van der Waals surface area (Å²) in [6.45, 7) is 6.79. The van der Waals surface area contributed by atoms with Crippen LogP contribution in [0.2, 0.25) is 0 Å². The zero-order chi connectivity index (χ0) is 12.4. The van der Waals surface area contributed by atoms with Gasteiger partial charge in [0.25, 0.3) is 0 Å². The number of rotatable bonds is 2. The van der Waals surface area contributed by atoms with Crippen LogP contribution >= 0.6 is 11.3 Å². The monoisotopic (exact) mass is 266 g/mol. The molecule has 0 atom stereocenters. The maximum atomic E-state index is 4.88. The van der Waals surface area contributed by atoms with E-state index in [4.69, 9.17) is 4.98 Å². The van der Waals surface area contributed by atoms with E-state index >= 15 is 0 Å². The summed E-state index contributed by atoms with van der Waals surface area (Å²) in [7, 11) is 2.21. The van der Waals surface area contributed by atoms with Crippen LogP contribution in [0.3, 0.4) is 0 Å². The molecular weight excluding hydrogens is 244 g/mol. The van der Waals surface area contributed by atoms with E-state index in [1.165, 1.54) is 36.8 Å². The topological polar surface area (TPSA) is 31.4 Å². The standard InChI is InChI=1S/C13H22N4S/c1-16-6-2-11(3-7-16)13-15-12(10-18-13)17-8-4-14-5-9-17/h10-11,14H,2-9H2,1H3. The molecule has 1 N–H and O–H groups in total. The minimum absolute atomic E-state index is 0.697. The van der Waals surface area contributed by atoms with Crippen molar-refractivity contribution in [1.82, 2.24) is 15.2 Å². The van der Waals surface area contributed by atoms with Gasteiger partial charge < -0.3 is 15.1 Å². The SMILES string of the molecule is CN1CCC(c2nc(N3CCNCC3)cs2)CC1. The number of hydrogen-bond acceptors (Lipinski definition) is 5. The van der Waals surface area contributed by atoms with Crippen LogP contribution in [0.1, 0.15) is 23.8 Å². The molecule has 2 aliphatic heterocycles. The van der Waals surface area contributed by atoms with Crippen LogP contribution in [0.25, 0.3) is 0 Å². The van der Waals surface area contributed by atoms with E-state index in [0.717, 1.165) is 26.2 Å². The van der Waals surface area contributed by atoms with Crippen molar-refractivity contribution in [3.8, 4) is 0 Å². The van der Waals surface area contributed by atoms with Crippen LogP contribution in [-0.2, 0) is 0 Å². The number of anilines is 1. The highest BCUT2D eigenvalue weighted by Crippen LogP contribution is 2.32. The van der Waals surface area contributed by atoms with Crippen molar-refractivity contribution in [3.63, 3.8) is 0 Å². The Morgan fingerprint density at radius 1 is 1.22 bits per heavy atom. The minimum Gasteiger partial charge on any atom is -0.353 e. The third-order valence-corrected chi connectivity index (χ3v) is 5.01. The zero-order valence-corrected chi connectivity index (χ0v) is 11.9. The molecule has 0 aromatic carbocycles. The molecule has 0 unspecified atom stereocenters. The number of likely N-dealkylation sites (tertiary alicyclic amines) is 1. The predicted octanol–water partition coefficient (Wildman–Crippen LogP) is 1.36. The Kier molecular flexibility index (Phi) is 3.82. The van der Waals surface area contributed by atoms with Gasteiger partial charge in [0.15, 0.2) is 0 Å². The lowest BCUT2D eigenvalue weighted by Crippen LogP contribution is -2.43. The Morgan fingerprint density at radius 3 is 2.67 bits per heavy atom. The lowest BCUT2D eigenvalue weighted by Gasteiger charge is -2.28. The Labute approximate surface area is 113 Å². The smallest absolute Gasteiger partial charge is 0.139 e. The number of nitrogens with zero attached hydrogens (tertiary/aromatic N) is 3. The van der Waals surface area contributed by atoms with E-state index in [-0.39, 0.29) is 0 Å². The molecule has 0 saturated carbocycles. The van der Waals surface area contributed by atoms with Crippen molar-refractivity contribution in [2.75, 3.05) is 51.2 Å². The van der Waals surface area contributed by atoms with Crippen LogP contribution < -0.4 is 10.2 Å². The maximum Gasteiger partial charge on any atom is 0.139 e. The summed E-state index contributed by atoms with van der Waals surface area (Å²) in [5.41, 5.74) is 0. The van der Waals surface area contributed by atoms with Gasteiger partial charge in [0.2, 0.25) is 0 Å². The summed E-state index contributed by atoms with van der Waals surface area (Å²) in [6.07, 6.45) is 2.54. The fourth-order valence-corrected chi connectivity index (χ4v) is 3.76. The highest BCUT2D eigenvalue weighted by atomic mass is 32.1. The van der Waals surface area contributed by atoms with Crippen molar-refractivity contribution in [2.24, 2.45) is 0 Å². The molecule has 5 heteroatoms. The molecule has 2 fully saturated rings. The molecule has 0 spiro atoms.